The van der Waals surface area contributed by atoms with Crippen LogP contribution in [-0.4, -0.2) is 26.0 Å². The first kappa shape index (κ1) is 12.1. The number of hydrazone groups is 1. The summed E-state index contributed by atoms with van der Waals surface area (Å²) in [7, 11) is 0. The van der Waals surface area contributed by atoms with Gasteiger partial charge >= 0.3 is 105 Å². The molecule has 0 aromatic rings. The van der Waals surface area contributed by atoms with Crippen molar-refractivity contribution < 1.29 is 0 Å². The molecule has 3 fully saturated rings. The summed E-state index contributed by atoms with van der Waals surface area (Å²) in [6, 6.07) is 0. The quantitative estimate of drug-likeness (QED) is 0.585. The zero-order valence-electron chi connectivity index (χ0n) is 10.2. The van der Waals surface area contributed by atoms with Gasteiger partial charge in [-0.2, -0.15) is 0 Å². The van der Waals surface area contributed by atoms with E-state index in [-0.39, 0.29) is 0 Å². The monoisotopic (exact) mass is 286 g/mol. The molecule has 3 saturated carbocycles. The number of nitrogens with zero attached hydrogens (tertiary/aromatic N) is 1. The number of fused-ring (bicyclic) bond motifs is 2. The van der Waals surface area contributed by atoms with E-state index in [1.165, 1.54) is 12.1 Å². The average Bonchev–Trinajstić information content (AvgIpc) is 2.18. The van der Waals surface area contributed by atoms with E-state index in [4.69, 9.17) is 5.73 Å². The van der Waals surface area contributed by atoms with Crippen LogP contribution in [0.4, 0.5) is 0 Å². The maximum absolute atomic E-state index is 5.54. The fraction of sp³-hybridized carbons (Fsp3) is 0.750. The molecule has 3 N–H and O–H groups in total. The van der Waals surface area contributed by atoms with E-state index in [0.717, 1.165) is 5.92 Å². The van der Waals surface area contributed by atoms with Gasteiger partial charge in [0.2, 0.25) is 0 Å². The third-order valence-electron chi connectivity index (χ3n) is 4.64. The number of hydrogen-bond donors (Lipinski definition) is 2. The Labute approximate surface area is 106 Å². The summed E-state index contributed by atoms with van der Waals surface area (Å²) >= 11 is 2.71. The summed E-state index contributed by atoms with van der Waals surface area (Å²) in [4.78, 5) is 0. The molecule has 0 aliphatic heterocycles. The Balaban J connectivity index is 2.23. The van der Waals surface area contributed by atoms with Crippen molar-refractivity contribution in [2.75, 3.05) is 0 Å². The van der Waals surface area contributed by atoms with Crippen LogP contribution in [0.15, 0.2) is 5.10 Å². The molecular weight excluding hydrogens is 265 g/mol. The van der Waals surface area contributed by atoms with Crippen molar-refractivity contribution >= 4 is 26.0 Å². The summed E-state index contributed by atoms with van der Waals surface area (Å²) in [6.07, 6.45) is 1.26. The van der Waals surface area contributed by atoms with Crippen LogP contribution < -0.4 is 11.2 Å². The molecule has 16 heavy (non-hydrogen) atoms. The van der Waals surface area contributed by atoms with Crippen molar-refractivity contribution in [1.82, 2.24) is 5.43 Å². The molecular formula is C12H20N3Se. The van der Waals surface area contributed by atoms with E-state index in [9.17, 15) is 0 Å². The molecule has 4 atom stereocenters. The Bertz CT molecular complexity index is 348. The van der Waals surface area contributed by atoms with E-state index in [2.05, 4.69) is 53.8 Å². The van der Waals surface area contributed by atoms with E-state index < -0.39 is 0 Å². The Hall–Kier alpha value is -0.341. The zero-order valence-corrected chi connectivity index (χ0v) is 11.9. The van der Waals surface area contributed by atoms with Crippen LogP contribution in [0.5, 0.6) is 0 Å². The first-order valence-corrected chi connectivity index (χ1v) is 6.67. The van der Waals surface area contributed by atoms with Crippen LogP contribution in [0, 0.1) is 36.0 Å². The van der Waals surface area contributed by atoms with Gasteiger partial charge in [-0.25, -0.2) is 0 Å². The van der Waals surface area contributed by atoms with Crippen LogP contribution in [0.1, 0.15) is 27.2 Å². The van der Waals surface area contributed by atoms with Crippen LogP contribution in [0.3, 0.4) is 0 Å². The van der Waals surface area contributed by atoms with Gasteiger partial charge < -0.3 is 0 Å². The minimum absolute atomic E-state index is 0.323. The number of nitrogens with two attached hydrogens (primary N) is 1. The fourth-order valence-electron chi connectivity index (χ4n) is 3.44. The van der Waals surface area contributed by atoms with Crippen molar-refractivity contribution in [2.24, 2.45) is 39.9 Å². The molecule has 0 spiro atoms. The second-order valence-electron chi connectivity index (χ2n) is 5.69. The van der Waals surface area contributed by atoms with E-state index >= 15 is 0 Å². The molecule has 1 radical (unpaired) electrons. The van der Waals surface area contributed by atoms with Gasteiger partial charge in [-0.15, -0.1) is 0 Å². The van der Waals surface area contributed by atoms with Crippen molar-refractivity contribution in [1.29, 1.82) is 0 Å². The van der Waals surface area contributed by atoms with Crippen molar-refractivity contribution in [3.8, 4) is 0 Å². The summed E-state index contributed by atoms with van der Waals surface area (Å²) < 4.78 is 0.520. The minimum atomic E-state index is 0.323. The van der Waals surface area contributed by atoms with Gasteiger partial charge in [-0.1, -0.05) is 0 Å². The van der Waals surface area contributed by atoms with Crippen LogP contribution >= 0.6 is 0 Å². The van der Waals surface area contributed by atoms with Gasteiger partial charge in [-0.05, 0) is 0 Å². The van der Waals surface area contributed by atoms with Gasteiger partial charge in [0.05, 0.1) is 0 Å². The fourth-order valence-corrected chi connectivity index (χ4v) is 3.54. The molecule has 2 bridgehead atoms. The summed E-state index contributed by atoms with van der Waals surface area (Å²) in [6.45, 7) is 11.2. The molecule has 3 aliphatic carbocycles. The Morgan fingerprint density at radius 3 is 2.75 bits per heavy atom. The molecule has 0 heterocycles. The van der Waals surface area contributed by atoms with Crippen LogP contribution in [0.2, 0.25) is 0 Å². The first-order chi connectivity index (χ1) is 7.35. The molecule has 3 rings (SSSR count). The second-order valence-corrected chi connectivity index (χ2v) is 6.62. The van der Waals surface area contributed by atoms with Gasteiger partial charge in [-0.3, -0.25) is 0 Å². The zero-order chi connectivity index (χ0) is 12.1. The van der Waals surface area contributed by atoms with E-state index in [1.54, 1.807) is 0 Å². The first-order valence-electron chi connectivity index (χ1n) is 5.81. The molecule has 0 aromatic carbocycles. The number of rotatable bonds is 2. The maximum atomic E-state index is 5.54. The van der Waals surface area contributed by atoms with Gasteiger partial charge in [0.25, 0.3) is 0 Å². The molecule has 4 unspecified atom stereocenters. The van der Waals surface area contributed by atoms with E-state index in [0.29, 0.717) is 27.8 Å². The normalized spacial score (nSPS) is 42.6. The molecule has 89 valence electrons. The summed E-state index contributed by atoms with van der Waals surface area (Å²) in [5, 5.41) is 4.44. The topological polar surface area (TPSA) is 50.4 Å². The van der Waals surface area contributed by atoms with Gasteiger partial charge in [0.1, 0.15) is 0 Å². The van der Waals surface area contributed by atoms with Gasteiger partial charge in [0, 0.05) is 0 Å². The molecule has 4 heteroatoms. The van der Waals surface area contributed by atoms with Crippen molar-refractivity contribution in [2.45, 2.75) is 27.2 Å². The molecule has 0 aromatic heterocycles. The Morgan fingerprint density at radius 2 is 2.25 bits per heavy atom. The third kappa shape index (κ3) is 1.63. The Kier molecular flexibility index (Phi) is 2.92. The predicted molar refractivity (Wildman–Crippen MR) is 68.9 cm³/mol. The summed E-state index contributed by atoms with van der Waals surface area (Å²) in [5.74, 6) is 2.31. The molecule has 0 saturated heterocycles. The second kappa shape index (κ2) is 3.85. The standard InChI is InChI=1S/C12H20N3Se/c1-6-7(2)10(14-15-11(13)16)9-5-8(6)12(9,3)4/h6-9H,2,5H2,1,3-4H3,(H3,13,15,16). The SMILES string of the molecule is [CH2]C1C(=NNC(N)=[Se])C2CC(C1C)C2(C)C. The number of hydrogen-bond acceptors (Lipinski definition) is 3. The third-order valence-corrected chi connectivity index (χ3v) is 4.84. The van der Waals surface area contributed by atoms with E-state index in [1.807, 2.05) is 0 Å². The number of nitrogens with one attached hydrogen (secondary N) is 1. The van der Waals surface area contributed by atoms with Gasteiger partial charge in [0.15, 0.2) is 0 Å². The molecule has 3 aliphatic rings. The van der Waals surface area contributed by atoms with Crippen LogP contribution in [-0.2, 0) is 0 Å². The van der Waals surface area contributed by atoms with Crippen molar-refractivity contribution in [3.05, 3.63) is 6.92 Å². The summed E-state index contributed by atoms with van der Waals surface area (Å²) in [5.41, 5.74) is 9.95. The Morgan fingerprint density at radius 1 is 1.62 bits per heavy atom. The molecule has 0 amide bonds. The predicted octanol–water partition coefficient (Wildman–Crippen LogP) is 0.909. The van der Waals surface area contributed by atoms with Crippen molar-refractivity contribution in [3.63, 3.8) is 0 Å². The average molecular weight is 285 g/mol. The van der Waals surface area contributed by atoms with Crippen LogP contribution in [0.25, 0.3) is 0 Å². The molecule has 3 nitrogen and oxygen atoms in total.